The smallest absolute Gasteiger partial charge is 0.140 e. The molecule has 0 atom stereocenters. The molecule has 1 aromatic heterocycles. The summed E-state index contributed by atoms with van der Waals surface area (Å²) in [5.74, 6) is 1.72. The fraction of sp³-hybridized carbons (Fsp3) is 0.400. The predicted octanol–water partition coefficient (Wildman–Crippen LogP) is 4.05. The highest BCUT2D eigenvalue weighted by Crippen LogP contribution is 2.27. The van der Waals surface area contributed by atoms with Crippen LogP contribution in [0.2, 0.25) is 5.02 Å². The number of aryl methyl sites for hydroxylation is 2. The zero-order valence-corrected chi connectivity index (χ0v) is 12.3. The van der Waals surface area contributed by atoms with Gasteiger partial charge in [-0.2, -0.15) is 0 Å². The number of hydrogen-bond acceptors (Lipinski definition) is 3. The van der Waals surface area contributed by atoms with Gasteiger partial charge in [0.2, 0.25) is 0 Å². The van der Waals surface area contributed by atoms with E-state index in [1.54, 1.807) is 7.11 Å². The first kappa shape index (κ1) is 13.9. The Morgan fingerprint density at radius 2 is 2.05 bits per heavy atom. The van der Waals surface area contributed by atoms with Crippen molar-refractivity contribution in [3.63, 3.8) is 0 Å². The molecule has 0 aliphatic carbocycles. The second-order valence-electron chi connectivity index (χ2n) is 4.37. The molecule has 0 N–H and O–H groups in total. The molecule has 4 heteroatoms. The van der Waals surface area contributed by atoms with Crippen LogP contribution in [0.5, 0.6) is 5.75 Å². The normalized spacial score (nSPS) is 10.7. The number of methoxy groups -OCH3 is 1. The standard InChI is InChI=1S/C15H18ClNO2/c1-4-14-12(15(5-2)19-17-14)8-10-6-7-11(18-3)9-13(10)16/h6-7,9H,4-5,8H2,1-3H3. The molecular formula is C15H18ClNO2. The summed E-state index contributed by atoms with van der Waals surface area (Å²) in [6.07, 6.45) is 2.46. The van der Waals surface area contributed by atoms with Crippen LogP contribution in [0.1, 0.15) is 36.4 Å². The SMILES string of the molecule is CCc1noc(CC)c1Cc1ccc(OC)cc1Cl. The summed E-state index contributed by atoms with van der Waals surface area (Å²) in [4.78, 5) is 0. The Labute approximate surface area is 118 Å². The second kappa shape index (κ2) is 6.11. The van der Waals surface area contributed by atoms with Crippen molar-refractivity contribution in [1.82, 2.24) is 5.16 Å². The van der Waals surface area contributed by atoms with E-state index < -0.39 is 0 Å². The van der Waals surface area contributed by atoms with Crippen molar-refractivity contribution in [2.75, 3.05) is 7.11 Å². The number of halogens is 1. The molecule has 0 spiro atoms. The number of aromatic nitrogens is 1. The highest BCUT2D eigenvalue weighted by Gasteiger charge is 2.15. The molecular weight excluding hydrogens is 262 g/mol. The molecule has 0 aliphatic heterocycles. The Morgan fingerprint density at radius 3 is 2.63 bits per heavy atom. The molecule has 0 saturated heterocycles. The minimum atomic E-state index is 0.713. The third-order valence-corrected chi connectivity index (χ3v) is 3.59. The van der Waals surface area contributed by atoms with Crippen molar-refractivity contribution in [1.29, 1.82) is 0 Å². The molecule has 102 valence electrons. The summed E-state index contributed by atoms with van der Waals surface area (Å²) < 4.78 is 10.5. The highest BCUT2D eigenvalue weighted by atomic mass is 35.5. The summed E-state index contributed by atoms with van der Waals surface area (Å²) in [5.41, 5.74) is 3.25. The first-order valence-electron chi connectivity index (χ1n) is 6.48. The van der Waals surface area contributed by atoms with Gasteiger partial charge < -0.3 is 9.26 Å². The van der Waals surface area contributed by atoms with Gasteiger partial charge in [-0.1, -0.05) is 36.7 Å². The molecule has 0 aliphatic rings. The Morgan fingerprint density at radius 1 is 1.26 bits per heavy atom. The van der Waals surface area contributed by atoms with Gasteiger partial charge in [-0.15, -0.1) is 0 Å². The highest BCUT2D eigenvalue weighted by molar-refractivity contribution is 6.31. The van der Waals surface area contributed by atoms with Crippen molar-refractivity contribution < 1.29 is 9.26 Å². The van der Waals surface area contributed by atoms with Crippen molar-refractivity contribution in [2.45, 2.75) is 33.1 Å². The topological polar surface area (TPSA) is 35.3 Å². The number of rotatable bonds is 5. The first-order chi connectivity index (χ1) is 9.19. The first-order valence-corrected chi connectivity index (χ1v) is 6.86. The maximum absolute atomic E-state index is 6.29. The lowest BCUT2D eigenvalue weighted by molar-refractivity contribution is 0.380. The molecule has 1 heterocycles. The van der Waals surface area contributed by atoms with E-state index in [4.69, 9.17) is 20.9 Å². The van der Waals surface area contributed by atoms with Gasteiger partial charge in [0, 0.05) is 23.4 Å². The minimum Gasteiger partial charge on any atom is -0.497 e. The maximum atomic E-state index is 6.29. The molecule has 3 nitrogen and oxygen atoms in total. The zero-order valence-electron chi connectivity index (χ0n) is 11.5. The van der Waals surface area contributed by atoms with Crippen LogP contribution in [0, 0.1) is 0 Å². The molecule has 0 unspecified atom stereocenters. The van der Waals surface area contributed by atoms with Gasteiger partial charge >= 0.3 is 0 Å². The lowest BCUT2D eigenvalue weighted by Crippen LogP contribution is -1.97. The summed E-state index contributed by atoms with van der Waals surface area (Å²) in [6.45, 7) is 4.15. The van der Waals surface area contributed by atoms with Crippen LogP contribution in [-0.2, 0) is 19.3 Å². The quantitative estimate of drug-likeness (QED) is 0.828. The second-order valence-corrected chi connectivity index (χ2v) is 4.78. The van der Waals surface area contributed by atoms with Crippen LogP contribution in [0.25, 0.3) is 0 Å². The van der Waals surface area contributed by atoms with Crippen molar-refractivity contribution in [3.05, 3.63) is 45.8 Å². The number of ether oxygens (including phenoxy) is 1. The molecule has 1 aromatic carbocycles. The molecule has 0 amide bonds. The van der Waals surface area contributed by atoms with E-state index in [0.717, 1.165) is 47.6 Å². The van der Waals surface area contributed by atoms with Gasteiger partial charge in [0.1, 0.15) is 11.5 Å². The molecule has 0 radical (unpaired) electrons. The van der Waals surface area contributed by atoms with Gasteiger partial charge in [0.05, 0.1) is 12.8 Å². The van der Waals surface area contributed by atoms with Crippen LogP contribution in [-0.4, -0.2) is 12.3 Å². The van der Waals surface area contributed by atoms with Gasteiger partial charge in [-0.05, 0) is 24.1 Å². The Kier molecular flexibility index (Phi) is 4.48. The average molecular weight is 280 g/mol. The number of benzene rings is 1. The number of hydrogen-bond donors (Lipinski definition) is 0. The van der Waals surface area contributed by atoms with Gasteiger partial charge in [0.25, 0.3) is 0 Å². The summed E-state index contributed by atoms with van der Waals surface area (Å²) in [7, 11) is 1.63. The van der Waals surface area contributed by atoms with E-state index in [9.17, 15) is 0 Å². The van der Waals surface area contributed by atoms with Crippen molar-refractivity contribution in [2.24, 2.45) is 0 Å². The Bertz CT molecular complexity index is 542. The van der Waals surface area contributed by atoms with Crippen LogP contribution in [0.3, 0.4) is 0 Å². The molecule has 0 saturated carbocycles. The Balaban J connectivity index is 2.33. The van der Waals surface area contributed by atoms with Crippen LogP contribution >= 0.6 is 11.6 Å². The molecule has 0 bridgehead atoms. The molecule has 2 aromatic rings. The fourth-order valence-corrected chi connectivity index (χ4v) is 2.36. The lowest BCUT2D eigenvalue weighted by Gasteiger charge is -2.07. The molecule has 2 rings (SSSR count). The van der Waals surface area contributed by atoms with E-state index in [1.165, 1.54) is 0 Å². The van der Waals surface area contributed by atoms with Gasteiger partial charge in [-0.25, -0.2) is 0 Å². The van der Waals surface area contributed by atoms with E-state index >= 15 is 0 Å². The average Bonchev–Trinajstić information content (AvgIpc) is 2.82. The van der Waals surface area contributed by atoms with Crippen molar-refractivity contribution >= 4 is 11.6 Å². The Hall–Kier alpha value is -1.48. The summed E-state index contributed by atoms with van der Waals surface area (Å²) >= 11 is 6.29. The van der Waals surface area contributed by atoms with Crippen molar-refractivity contribution in [3.8, 4) is 5.75 Å². The fourth-order valence-electron chi connectivity index (χ4n) is 2.13. The number of nitrogens with zero attached hydrogens (tertiary/aromatic N) is 1. The molecule has 19 heavy (non-hydrogen) atoms. The van der Waals surface area contributed by atoms with E-state index in [-0.39, 0.29) is 0 Å². The largest absolute Gasteiger partial charge is 0.497 e. The summed E-state index contributed by atoms with van der Waals surface area (Å²) in [6, 6.07) is 5.75. The van der Waals surface area contributed by atoms with Gasteiger partial charge in [-0.3, -0.25) is 0 Å². The predicted molar refractivity (Wildman–Crippen MR) is 76.1 cm³/mol. The van der Waals surface area contributed by atoms with Crippen LogP contribution in [0.4, 0.5) is 0 Å². The van der Waals surface area contributed by atoms with E-state index in [0.29, 0.717) is 5.02 Å². The monoisotopic (exact) mass is 279 g/mol. The lowest BCUT2D eigenvalue weighted by atomic mass is 10.0. The third-order valence-electron chi connectivity index (χ3n) is 3.23. The maximum Gasteiger partial charge on any atom is 0.140 e. The zero-order chi connectivity index (χ0) is 13.8. The molecule has 0 fully saturated rings. The minimum absolute atomic E-state index is 0.713. The van der Waals surface area contributed by atoms with Crippen LogP contribution in [0.15, 0.2) is 22.7 Å². The van der Waals surface area contributed by atoms with Gasteiger partial charge in [0.15, 0.2) is 0 Å². The van der Waals surface area contributed by atoms with E-state index in [1.807, 2.05) is 18.2 Å². The van der Waals surface area contributed by atoms with Crippen LogP contribution < -0.4 is 4.74 Å². The third kappa shape index (κ3) is 2.92. The van der Waals surface area contributed by atoms with E-state index in [2.05, 4.69) is 19.0 Å². The summed E-state index contributed by atoms with van der Waals surface area (Å²) in [5, 5.41) is 4.83.